The molecule has 0 aromatic carbocycles. The molecule has 0 fully saturated rings. The van der Waals surface area contributed by atoms with Gasteiger partial charge in [0, 0.05) is 18.8 Å². The van der Waals surface area contributed by atoms with E-state index in [9.17, 15) is 4.79 Å². The maximum absolute atomic E-state index is 11.8. The van der Waals surface area contributed by atoms with Gasteiger partial charge in [-0.1, -0.05) is 0 Å². The zero-order valence-electron chi connectivity index (χ0n) is 9.04. The third-order valence-electron chi connectivity index (χ3n) is 2.12. The van der Waals surface area contributed by atoms with E-state index in [1.807, 2.05) is 20.2 Å². The number of hydrogen-bond donors (Lipinski definition) is 0. The molecular weight excluding hydrogens is 222 g/mol. The molecular formula is C11H11N3OS. The Morgan fingerprint density at radius 2 is 2.38 bits per heavy atom. The maximum atomic E-state index is 11.8. The van der Waals surface area contributed by atoms with Crippen LogP contribution < -0.4 is 0 Å². The minimum absolute atomic E-state index is 0.0103. The molecule has 0 aliphatic rings. The van der Waals surface area contributed by atoms with E-state index in [0.717, 1.165) is 11.3 Å². The second-order valence-corrected chi connectivity index (χ2v) is 4.27. The zero-order valence-corrected chi connectivity index (χ0v) is 9.86. The van der Waals surface area contributed by atoms with Crippen LogP contribution in [-0.2, 0) is 7.05 Å². The van der Waals surface area contributed by atoms with Gasteiger partial charge in [0.15, 0.2) is 5.78 Å². The van der Waals surface area contributed by atoms with E-state index in [2.05, 4.69) is 10.1 Å². The van der Waals surface area contributed by atoms with Gasteiger partial charge >= 0.3 is 0 Å². The Kier molecular flexibility index (Phi) is 2.96. The monoisotopic (exact) mass is 233 g/mol. The van der Waals surface area contributed by atoms with Crippen LogP contribution in [0.2, 0.25) is 0 Å². The predicted molar refractivity (Wildman–Crippen MR) is 63.4 cm³/mol. The summed E-state index contributed by atoms with van der Waals surface area (Å²) in [6.07, 6.45) is 6.87. The van der Waals surface area contributed by atoms with Crippen LogP contribution in [0.3, 0.4) is 0 Å². The third-order valence-corrected chi connectivity index (χ3v) is 3.06. The Morgan fingerprint density at radius 1 is 1.56 bits per heavy atom. The normalized spacial score (nSPS) is 11.1. The molecule has 16 heavy (non-hydrogen) atoms. The minimum Gasteiger partial charge on any atom is -0.288 e. The second-order valence-electron chi connectivity index (χ2n) is 3.41. The molecule has 0 saturated heterocycles. The molecule has 0 amide bonds. The van der Waals surface area contributed by atoms with E-state index in [1.165, 1.54) is 11.3 Å². The molecule has 0 aliphatic heterocycles. The Labute approximate surface area is 97.3 Å². The van der Waals surface area contributed by atoms with Gasteiger partial charge in [-0.05, 0) is 19.1 Å². The molecule has 0 saturated carbocycles. The summed E-state index contributed by atoms with van der Waals surface area (Å²) < 4.78 is 1.70. The van der Waals surface area contributed by atoms with Gasteiger partial charge in [-0.25, -0.2) is 4.98 Å². The first-order valence-corrected chi connectivity index (χ1v) is 5.66. The lowest BCUT2D eigenvalue weighted by molar-refractivity contribution is 0.105. The lowest BCUT2D eigenvalue weighted by atomic mass is 10.2. The molecule has 2 rings (SSSR count). The largest absolute Gasteiger partial charge is 0.288 e. The molecule has 2 aromatic heterocycles. The molecule has 0 bridgehead atoms. The summed E-state index contributed by atoms with van der Waals surface area (Å²) in [4.78, 5) is 16.5. The summed E-state index contributed by atoms with van der Waals surface area (Å²) >= 11 is 1.37. The van der Waals surface area contributed by atoms with E-state index < -0.39 is 0 Å². The fourth-order valence-electron chi connectivity index (χ4n) is 1.31. The molecule has 4 nitrogen and oxygen atoms in total. The van der Waals surface area contributed by atoms with Crippen molar-refractivity contribution >= 4 is 23.2 Å². The van der Waals surface area contributed by atoms with Crippen molar-refractivity contribution in [3.05, 3.63) is 40.1 Å². The van der Waals surface area contributed by atoms with E-state index >= 15 is 0 Å². The van der Waals surface area contributed by atoms with Crippen molar-refractivity contribution in [2.45, 2.75) is 6.92 Å². The van der Waals surface area contributed by atoms with Gasteiger partial charge in [0.1, 0.15) is 0 Å². The van der Waals surface area contributed by atoms with Crippen LogP contribution in [0.4, 0.5) is 0 Å². The minimum atomic E-state index is -0.0103. The quantitative estimate of drug-likeness (QED) is 0.602. The van der Waals surface area contributed by atoms with Crippen molar-refractivity contribution in [1.82, 2.24) is 14.8 Å². The zero-order chi connectivity index (χ0) is 11.5. The first kappa shape index (κ1) is 10.8. The summed E-state index contributed by atoms with van der Waals surface area (Å²) in [5.74, 6) is -0.0103. The van der Waals surface area contributed by atoms with Crippen molar-refractivity contribution in [2.75, 3.05) is 0 Å². The van der Waals surface area contributed by atoms with Gasteiger partial charge in [-0.15, -0.1) is 11.3 Å². The van der Waals surface area contributed by atoms with Crippen molar-refractivity contribution < 1.29 is 4.79 Å². The number of aromatic nitrogens is 3. The molecule has 2 aromatic rings. The highest BCUT2D eigenvalue weighted by molar-refractivity contribution is 7.12. The van der Waals surface area contributed by atoms with E-state index in [4.69, 9.17) is 0 Å². The number of aryl methyl sites for hydroxylation is 2. The highest BCUT2D eigenvalue weighted by atomic mass is 32.1. The lowest BCUT2D eigenvalue weighted by Crippen LogP contribution is -1.92. The summed E-state index contributed by atoms with van der Waals surface area (Å²) in [7, 11) is 1.84. The molecule has 0 N–H and O–H groups in total. The summed E-state index contributed by atoms with van der Waals surface area (Å²) in [6.45, 7) is 1.83. The first-order chi connectivity index (χ1) is 7.66. The maximum Gasteiger partial charge on any atom is 0.197 e. The van der Waals surface area contributed by atoms with Crippen LogP contribution in [0.5, 0.6) is 0 Å². The third kappa shape index (κ3) is 2.25. The second kappa shape index (κ2) is 4.40. The number of carbonyl (C=O) groups excluding carboxylic acids is 1. The van der Waals surface area contributed by atoms with E-state index in [0.29, 0.717) is 4.88 Å². The summed E-state index contributed by atoms with van der Waals surface area (Å²) in [5, 5.41) is 4.02. The summed E-state index contributed by atoms with van der Waals surface area (Å²) in [5.41, 5.74) is 3.38. The Hall–Kier alpha value is -1.75. The van der Waals surface area contributed by atoms with Crippen molar-refractivity contribution in [3.8, 4) is 0 Å². The van der Waals surface area contributed by atoms with Crippen LogP contribution in [0.15, 0.2) is 24.0 Å². The van der Waals surface area contributed by atoms with Gasteiger partial charge in [0.05, 0.1) is 22.3 Å². The van der Waals surface area contributed by atoms with Crippen LogP contribution in [0.1, 0.15) is 20.9 Å². The van der Waals surface area contributed by atoms with Crippen LogP contribution in [-0.4, -0.2) is 20.5 Å². The Balaban J connectivity index is 2.14. The van der Waals surface area contributed by atoms with E-state index in [1.54, 1.807) is 28.5 Å². The van der Waals surface area contributed by atoms with Crippen molar-refractivity contribution in [1.29, 1.82) is 0 Å². The first-order valence-electron chi connectivity index (χ1n) is 4.78. The van der Waals surface area contributed by atoms with Crippen molar-refractivity contribution in [3.63, 3.8) is 0 Å². The lowest BCUT2D eigenvalue weighted by Gasteiger charge is -1.90. The number of hydrogen-bond acceptors (Lipinski definition) is 4. The fraction of sp³-hybridized carbons (Fsp3) is 0.182. The number of thiazole rings is 1. The molecule has 0 aliphatic carbocycles. The van der Waals surface area contributed by atoms with Gasteiger partial charge in [-0.2, -0.15) is 5.10 Å². The Bertz CT molecular complexity index is 539. The summed E-state index contributed by atoms with van der Waals surface area (Å²) in [6, 6.07) is 0. The molecule has 2 heterocycles. The average Bonchev–Trinajstić information content (AvgIpc) is 2.84. The molecule has 0 radical (unpaired) electrons. The highest BCUT2D eigenvalue weighted by Crippen LogP contribution is 2.14. The number of carbonyl (C=O) groups is 1. The fourth-order valence-corrected chi connectivity index (χ4v) is 2.04. The molecule has 5 heteroatoms. The van der Waals surface area contributed by atoms with Crippen LogP contribution in [0, 0.1) is 6.92 Å². The molecule has 0 unspecified atom stereocenters. The van der Waals surface area contributed by atoms with Crippen molar-refractivity contribution in [2.24, 2.45) is 7.05 Å². The van der Waals surface area contributed by atoms with E-state index in [-0.39, 0.29) is 5.78 Å². The Morgan fingerprint density at radius 3 is 2.94 bits per heavy atom. The smallest absolute Gasteiger partial charge is 0.197 e. The van der Waals surface area contributed by atoms with Gasteiger partial charge in [0.2, 0.25) is 0 Å². The topological polar surface area (TPSA) is 47.8 Å². The highest BCUT2D eigenvalue weighted by Gasteiger charge is 2.07. The van der Waals surface area contributed by atoms with Crippen LogP contribution in [0.25, 0.3) is 6.08 Å². The average molecular weight is 233 g/mol. The number of rotatable bonds is 3. The van der Waals surface area contributed by atoms with Gasteiger partial charge in [-0.3, -0.25) is 9.48 Å². The number of allylic oxidation sites excluding steroid dienone is 1. The number of nitrogens with zero attached hydrogens (tertiary/aromatic N) is 3. The van der Waals surface area contributed by atoms with Gasteiger partial charge < -0.3 is 0 Å². The molecule has 0 atom stereocenters. The standard InChI is InChI=1S/C11H11N3OS/c1-8-11(16-7-12-8)10(15)4-3-9-5-13-14(2)6-9/h3-7H,1-2H3/b4-3-. The van der Waals surface area contributed by atoms with Gasteiger partial charge in [0.25, 0.3) is 0 Å². The van der Waals surface area contributed by atoms with Crippen LogP contribution >= 0.6 is 11.3 Å². The SMILES string of the molecule is Cc1ncsc1C(=O)/C=C\c1cnn(C)c1. The number of ketones is 1. The molecule has 0 spiro atoms. The molecule has 82 valence electrons. The predicted octanol–water partition coefficient (Wildman–Crippen LogP) is 2.08.